The zero-order valence-corrected chi connectivity index (χ0v) is 14.6. The zero-order chi connectivity index (χ0) is 18.7. The lowest BCUT2D eigenvalue weighted by molar-refractivity contribution is -0.116. The molecular weight excluding hydrogens is 359 g/mol. The Kier molecular flexibility index (Phi) is 5.08. The highest BCUT2D eigenvalue weighted by molar-refractivity contribution is 7.13. The Balaban J connectivity index is 1.64. The van der Waals surface area contributed by atoms with Crippen LogP contribution >= 0.6 is 11.3 Å². The van der Waals surface area contributed by atoms with Gasteiger partial charge in [-0.15, -0.1) is 11.3 Å². The predicted molar refractivity (Wildman–Crippen MR) is 94.2 cm³/mol. The van der Waals surface area contributed by atoms with Crippen molar-refractivity contribution in [2.24, 2.45) is 5.73 Å². The van der Waals surface area contributed by atoms with E-state index in [1.54, 1.807) is 0 Å². The van der Waals surface area contributed by atoms with E-state index in [9.17, 15) is 14.0 Å². The average molecular weight is 374 g/mol. The Morgan fingerprint density at radius 3 is 2.88 bits per heavy atom. The summed E-state index contributed by atoms with van der Waals surface area (Å²) >= 11 is 1.48. The van der Waals surface area contributed by atoms with E-state index in [0.29, 0.717) is 11.7 Å². The smallest absolute Gasteiger partial charge is 0.248 e. The molecule has 26 heavy (non-hydrogen) atoms. The third-order valence-electron chi connectivity index (χ3n) is 3.68. The second kappa shape index (κ2) is 7.44. The van der Waals surface area contributed by atoms with E-state index in [2.05, 4.69) is 15.5 Å². The van der Waals surface area contributed by atoms with Crippen LogP contribution in [0, 0.1) is 12.7 Å². The van der Waals surface area contributed by atoms with Crippen LogP contribution in [0.3, 0.4) is 0 Å². The lowest BCUT2D eigenvalue weighted by Gasteiger charge is -2.10. The van der Waals surface area contributed by atoms with Crippen molar-refractivity contribution >= 4 is 28.8 Å². The van der Waals surface area contributed by atoms with Crippen LogP contribution in [0.15, 0.2) is 34.2 Å². The minimum atomic E-state index is -0.772. The van der Waals surface area contributed by atoms with Crippen molar-refractivity contribution in [2.75, 3.05) is 5.32 Å². The van der Waals surface area contributed by atoms with Crippen molar-refractivity contribution in [1.82, 2.24) is 10.1 Å². The van der Waals surface area contributed by atoms with Gasteiger partial charge in [0.25, 0.3) is 0 Å². The van der Waals surface area contributed by atoms with Crippen LogP contribution in [0.4, 0.5) is 10.1 Å². The van der Waals surface area contributed by atoms with Crippen LogP contribution in [-0.4, -0.2) is 22.0 Å². The number of thiophene rings is 1. The minimum absolute atomic E-state index is 0.0131. The highest BCUT2D eigenvalue weighted by Crippen LogP contribution is 2.22. The van der Waals surface area contributed by atoms with Gasteiger partial charge in [0.05, 0.1) is 4.88 Å². The first-order valence-electron chi connectivity index (χ1n) is 7.70. The number of anilines is 1. The van der Waals surface area contributed by atoms with E-state index < -0.39 is 11.7 Å². The summed E-state index contributed by atoms with van der Waals surface area (Å²) in [4.78, 5) is 28.5. The van der Waals surface area contributed by atoms with Crippen LogP contribution in [0.2, 0.25) is 0 Å². The first kappa shape index (κ1) is 17.7. The maximum Gasteiger partial charge on any atom is 0.248 e. The number of nitrogens with one attached hydrogen (secondary N) is 1. The Morgan fingerprint density at radius 2 is 2.19 bits per heavy atom. The van der Waals surface area contributed by atoms with Gasteiger partial charge < -0.3 is 15.6 Å². The van der Waals surface area contributed by atoms with Crippen molar-refractivity contribution in [3.05, 3.63) is 52.5 Å². The molecule has 0 aliphatic carbocycles. The van der Waals surface area contributed by atoms with Crippen LogP contribution in [0.5, 0.6) is 0 Å². The molecule has 0 aliphatic rings. The van der Waals surface area contributed by atoms with E-state index in [-0.39, 0.29) is 35.6 Å². The molecule has 0 radical (unpaired) electrons. The molecular formula is C17H15FN4O3S. The SMILES string of the molecule is Cc1c(F)cc(C(N)=O)cc1NC(=O)CCc1nc(-c2cccs2)no1. The molecule has 7 nitrogen and oxygen atoms in total. The highest BCUT2D eigenvalue weighted by Gasteiger charge is 2.14. The number of nitrogens with two attached hydrogens (primary N) is 1. The standard InChI is InChI=1S/C17H15FN4O3S/c1-9-11(18)7-10(16(19)24)8-12(9)20-14(23)4-5-15-21-17(22-25-15)13-3-2-6-26-13/h2-3,6-8H,4-5H2,1H3,(H2,19,24)(H,20,23). The van der Waals surface area contributed by atoms with Crippen LogP contribution < -0.4 is 11.1 Å². The van der Waals surface area contributed by atoms with Crippen molar-refractivity contribution in [3.8, 4) is 10.7 Å². The molecule has 2 heterocycles. The Hall–Kier alpha value is -3.07. The summed E-state index contributed by atoms with van der Waals surface area (Å²) < 4.78 is 19.0. The van der Waals surface area contributed by atoms with E-state index in [0.717, 1.165) is 10.9 Å². The highest BCUT2D eigenvalue weighted by atomic mass is 32.1. The first-order chi connectivity index (χ1) is 12.4. The molecule has 0 fully saturated rings. The Bertz CT molecular complexity index is 953. The van der Waals surface area contributed by atoms with Crippen LogP contribution in [-0.2, 0) is 11.2 Å². The van der Waals surface area contributed by atoms with Crippen molar-refractivity contribution in [1.29, 1.82) is 0 Å². The minimum Gasteiger partial charge on any atom is -0.366 e. The number of primary amides is 1. The van der Waals surface area contributed by atoms with Gasteiger partial charge in [-0.3, -0.25) is 9.59 Å². The number of amides is 2. The first-order valence-corrected chi connectivity index (χ1v) is 8.58. The van der Waals surface area contributed by atoms with Crippen molar-refractivity contribution < 1.29 is 18.5 Å². The largest absolute Gasteiger partial charge is 0.366 e. The number of aromatic nitrogens is 2. The summed E-state index contributed by atoms with van der Waals surface area (Å²) in [5, 5.41) is 8.35. The molecule has 3 rings (SSSR count). The fourth-order valence-corrected chi connectivity index (χ4v) is 2.90. The number of rotatable bonds is 6. The van der Waals surface area contributed by atoms with E-state index in [4.69, 9.17) is 10.3 Å². The fraction of sp³-hybridized carbons (Fsp3) is 0.176. The second-order valence-corrected chi connectivity index (χ2v) is 6.48. The van der Waals surface area contributed by atoms with Gasteiger partial charge in [-0.25, -0.2) is 4.39 Å². The van der Waals surface area contributed by atoms with Gasteiger partial charge in [-0.05, 0) is 30.5 Å². The topological polar surface area (TPSA) is 111 Å². The van der Waals surface area contributed by atoms with E-state index in [1.807, 2.05) is 17.5 Å². The fourth-order valence-electron chi connectivity index (χ4n) is 2.25. The average Bonchev–Trinajstić information content (AvgIpc) is 3.27. The molecule has 0 spiro atoms. The number of nitrogens with zero attached hydrogens (tertiary/aromatic N) is 2. The molecule has 0 saturated carbocycles. The molecule has 1 aromatic carbocycles. The third-order valence-corrected chi connectivity index (χ3v) is 4.54. The summed E-state index contributed by atoms with van der Waals surface area (Å²) in [6.07, 6.45) is 0.301. The maximum atomic E-state index is 13.8. The van der Waals surface area contributed by atoms with E-state index >= 15 is 0 Å². The number of aryl methyl sites for hydroxylation is 1. The molecule has 0 bridgehead atoms. The monoisotopic (exact) mass is 374 g/mol. The molecule has 2 amide bonds. The van der Waals surface area contributed by atoms with E-state index in [1.165, 1.54) is 24.3 Å². The van der Waals surface area contributed by atoms with Gasteiger partial charge in [0, 0.05) is 29.7 Å². The summed E-state index contributed by atoms with van der Waals surface area (Å²) in [6, 6.07) is 6.14. The zero-order valence-electron chi connectivity index (χ0n) is 13.8. The second-order valence-electron chi connectivity index (χ2n) is 5.53. The molecule has 0 atom stereocenters. The summed E-state index contributed by atoms with van der Waals surface area (Å²) in [5.74, 6) is -0.953. The summed E-state index contributed by atoms with van der Waals surface area (Å²) in [7, 11) is 0. The number of carbonyl (C=O) groups excluding carboxylic acids is 2. The molecule has 0 saturated heterocycles. The third kappa shape index (κ3) is 3.94. The van der Waals surface area contributed by atoms with Gasteiger partial charge in [0.15, 0.2) is 0 Å². The van der Waals surface area contributed by atoms with Gasteiger partial charge in [0.1, 0.15) is 5.82 Å². The van der Waals surface area contributed by atoms with Gasteiger partial charge >= 0.3 is 0 Å². The summed E-state index contributed by atoms with van der Waals surface area (Å²) in [6.45, 7) is 1.50. The summed E-state index contributed by atoms with van der Waals surface area (Å²) in [5.41, 5.74) is 5.58. The van der Waals surface area contributed by atoms with Crippen molar-refractivity contribution in [2.45, 2.75) is 19.8 Å². The normalized spacial score (nSPS) is 10.7. The molecule has 2 aromatic heterocycles. The number of carbonyl (C=O) groups is 2. The number of hydrogen-bond donors (Lipinski definition) is 2. The molecule has 0 aliphatic heterocycles. The van der Waals surface area contributed by atoms with Gasteiger partial charge in [-0.2, -0.15) is 4.98 Å². The van der Waals surface area contributed by atoms with Gasteiger partial charge in [-0.1, -0.05) is 11.2 Å². The molecule has 3 N–H and O–H groups in total. The molecule has 3 aromatic rings. The number of benzene rings is 1. The Morgan fingerprint density at radius 1 is 1.38 bits per heavy atom. The molecule has 134 valence electrons. The number of hydrogen-bond acceptors (Lipinski definition) is 6. The predicted octanol–water partition coefficient (Wildman–Crippen LogP) is 2.92. The molecule has 0 unspecified atom stereocenters. The van der Waals surface area contributed by atoms with Crippen LogP contribution in [0.25, 0.3) is 10.7 Å². The molecule has 9 heteroatoms. The lowest BCUT2D eigenvalue weighted by atomic mass is 10.1. The quantitative estimate of drug-likeness (QED) is 0.689. The van der Waals surface area contributed by atoms with Gasteiger partial charge in [0.2, 0.25) is 23.5 Å². The van der Waals surface area contributed by atoms with Crippen LogP contribution in [0.1, 0.15) is 28.2 Å². The van der Waals surface area contributed by atoms with Crippen molar-refractivity contribution in [3.63, 3.8) is 0 Å². The Labute approximate surface area is 152 Å². The maximum absolute atomic E-state index is 13.8. The lowest BCUT2D eigenvalue weighted by Crippen LogP contribution is -2.16. The number of halogens is 1.